The maximum atomic E-state index is 14.4. The molecule has 17 N–H and O–H groups in total. The van der Waals surface area contributed by atoms with Crippen LogP contribution in [0.15, 0.2) is 90.2 Å². The Kier molecular flexibility index (Phi) is 19.0. The number of phenolic OH excluding ortho intramolecular Hbond substituents is 1. The third-order valence-corrected chi connectivity index (χ3v) is 11.5. The van der Waals surface area contributed by atoms with Crippen LogP contribution in [0.2, 0.25) is 0 Å². The molecule has 0 aliphatic carbocycles. The molecule has 6 atom stereocenters. The smallest absolute Gasteiger partial charge is 0.326 e. The van der Waals surface area contributed by atoms with E-state index < -0.39 is 103 Å². The quantitative estimate of drug-likeness (QED) is 0.0189. The van der Waals surface area contributed by atoms with E-state index in [2.05, 4.69) is 46.9 Å². The second kappa shape index (κ2) is 25.2. The van der Waals surface area contributed by atoms with Crippen molar-refractivity contribution in [3.05, 3.63) is 102 Å². The van der Waals surface area contributed by atoms with Gasteiger partial charge in [0.25, 0.3) is 0 Å². The van der Waals surface area contributed by atoms with E-state index in [-0.39, 0.29) is 50.4 Å². The lowest BCUT2D eigenvalue weighted by atomic mass is 9.99. The zero-order chi connectivity index (χ0) is 51.8. The molecule has 3 aromatic carbocycles. The molecule has 0 unspecified atom stereocenters. The molecule has 0 saturated heterocycles. The maximum Gasteiger partial charge on any atom is 0.326 e. The summed E-state index contributed by atoms with van der Waals surface area (Å²) in [5, 5.41) is 45.9. The molecule has 0 bridgehead atoms. The number of guanidine groups is 1. The van der Waals surface area contributed by atoms with Gasteiger partial charge in [-0.2, -0.15) is 0 Å². The number of nitrogens with two attached hydrogens (primary N) is 3. The molecule has 2 heterocycles. The highest BCUT2D eigenvalue weighted by Gasteiger charge is 2.34. The fraction of sp³-hybridized carbons (Fsp3) is 0.354. The zero-order valence-electron chi connectivity index (χ0n) is 39.1. The molecule has 23 heteroatoms. The van der Waals surface area contributed by atoms with Gasteiger partial charge in [0.1, 0.15) is 36.0 Å². The topological polar surface area (TPSA) is 391 Å². The fourth-order valence-electron chi connectivity index (χ4n) is 7.71. The number of fused-ring (bicyclic) bond motifs is 2. The van der Waals surface area contributed by atoms with E-state index >= 15 is 0 Å². The molecule has 0 radical (unpaired) electrons. The number of rotatable bonds is 26. The molecule has 5 aromatic rings. The molecule has 6 amide bonds. The van der Waals surface area contributed by atoms with Crippen LogP contribution in [-0.2, 0) is 57.6 Å². The van der Waals surface area contributed by atoms with E-state index in [1.165, 1.54) is 24.3 Å². The van der Waals surface area contributed by atoms with Crippen LogP contribution >= 0.6 is 0 Å². The second-order valence-corrected chi connectivity index (χ2v) is 17.2. The summed E-state index contributed by atoms with van der Waals surface area (Å²) in [4.78, 5) is 116. The molecule has 71 heavy (non-hydrogen) atoms. The van der Waals surface area contributed by atoms with Gasteiger partial charge in [0, 0.05) is 60.0 Å². The molecular formula is C48H60N12O11. The number of hydrogen-bond acceptors (Lipinski definition) is 11. The van der Waals surface area contributed by atoms with Gasteiger partial charge in [-0.25, -0.2) is 4.79 Å². The Balaban J connectivity index is 1.33. The van der Waals surface area contributed by atoms with Crippen LogP contribution in [-0.4, -0.2) is 128 Å². The average molecular weight is 981 g/mol. The molecule has 0 aliphatic rings. The minimum absolute atomic E-state index is 0.0312. The van der Waals surface area contributed by atoms with Crippen molar-refractivity contribution in [2.75, 3.05) is 13.1 Å². The normalized spacial score (nSPS) is 13.7. The van der Waals surface area contributed by atoms with Gasteiger partial charge in [-0.1, -0.05) is 62.4 Å². The number of carboxylic acids is 2. The number of hydrogen-bond donors (Lipinski definition) is 14. The number of aromatic nitrogens is 2. The number of aliphatic carboxylic acids is 2. The highest BCUT2D eigenvalue weighted by molar-refractivity contribution is 5.97. The van der Waals surface area contributed by atoms with Crippen molar-refractivity contribution in [2.24, 2.45) is 28.1 Å². The van der Waals surface area contributed by atoms with Crippen LogP contribution < -0.4 is 49.1 Å². The van der Waals surface area contributed by atoms with Crippen LogP contribution in [0.3, 0.4) is 0 Å². The molecule has 5 rings (SSSR count). The Bertz CT molecular complexity index is 2730. The van der Waals surface area contributed by atoms with E-state index in [1.807, 2.05) is 30.3 Å². The number of benzene rings is 3. The number of para-hydroxylation sites is 2. The van der Waals surface area contributed by atoms with Crippen molar-refractivity contribution >= 4 is 75.1 Å². The average Bonchev–Trinajstić information content (AvgIpc) is 3.93. The molecule has 0 aliphatic heterocycles. The van der Waals surface area contributed by atoms with Gasteiger partial charge >= 0.3 is 11.9 Å². The van der Waals surface area contributed by atoms with Crippen molar-refractivity contribution in [2.45, 2.75) is 88.6 Å². The Labute approximate surface area is 407 Å². The summed E-state index contributed by atoms with van der Waals surface area (Å²) in [6.45, 7) is 2.72. The lowest BCUT2D eigenvalue weighted by molar-refractivity contribution is -0.142. The van der Waals surface area contributed by atoms with Crippen LogP contribution in [0.1, 0.15) is 49.8 Å². The van der Waals surface area contributed by atoms with Crippen LogP contribution in [0.25, 0.3) is 21.8 Å². The van der Waals surface area contributed by atoms with Crippen molar-refractivity contribution in [3.63, 3.8) is 0 Å². The van der Waals surface area contributed by atoms with Crippen LogP contribution in [0, 0.1) is 5.92 Å². The number of aliphatic imine (C=N–C) groups is 1. The third kappa shape index (κ3) is 15.8. The lowest BCUT2D eigenvalue weighted by Crippen LogP contribution is -2.60. The summed E-state index contributed by atoms with van der Waals surface area (Å²) in [5.41, 5.74) is 19.8. The fourth-order valence-corrected chi connectivity index (χ4v) is 7.71. The van der Waals surface area contributed by atoms with Crippen molar-refractivity contribution in [3.8, 4) is 5.75 Å². The number of carboxylic acid groups (broad SMARTS) is 2. The van der Waals surface area contributed by atoms with E-state index in [4.69, 9.17) is 17.2 Å². The number of H-pyrrole nitrogens is 2. The van der Waals surface area contributed by atoms with Crippen molar-refractivity contribution < 1.29 is 53.7 Å². The van der Waals surface area contributed by atoms with Gasteiger partial charge in [0.2, 0.25) is 35.4 Å². The van der Waals surface area contributed by atoms with E-state index in [1.54, 1.807) is 44.4 Å². The minimum Gasteiger partial charge on any atom is -0.508 e. The van der Waals surface area contributed by atoms with Gasteiger partial charge in [-0.15, -0.1) is 0 Å². The molecule has 2 aromatic heterocycles. The van der Waals surface area contributed by atoms with Gasteiger partial charge in [-0.3, -0.25) is 38.6 Å². The Morgan fingerprint density at radius 2 is 1.14 bits per heavy atom. The Morgan fingerprint density at radius 3 is 1.68 bits per heavy atom. The largest absolute Gasteiger partial charge is 0.508 e. The van der Waals surface area contributed by atoms with Gasteiger partial charge < -0.3 is 74.4 Å². The van der Waals surface area contributed by atoms with Crippen LogP contribution in [0.4, 0.5) is 0 Å². The SMILES string of the molecule is CC(C)[C@@H](NC(=O)[C@@H](Cc1c[nH]c2ccccc12)NC(=O)[C@@H](Cc1ccc(O)cc1)NC(=O)[C@@H](N)CC(=O)O)C(=O)NCC(=O)N[C@H](Cc1c[nH]c2ccccc12)C(=O)N[C@H](CCCN=C(N)N)C(=O)O. The van der Waals surface area contributed by atoms with Crippen LogP contribution in [0.5, 0.6) is 5.75 Å². The van der Waals surface area contributed by atoms with E-state index in [9.17, 15) is 53.7 Å². The first-order valence-electron chi connectivity index (χ1n) is 22.7. The standard InChI is InChI=1S/C48H60N12O11/c1-25(2)41(46(69)55-24-39(62)56-37(19-27-22-53-33-10-5-3-8-30(27)33)44(67)57-35(47(70)71)12-7-17-52-48(50)51)60-45(68)38(20-28-23-54-34-11-6-4-9-31(28)34)59-43(66)36(18-26-13-15-29(61)16-14-26)58-42(65)32(49)21-40(63)64/h3-6,8-11,13-16,22-23,25,32,35-38,41,53-54,61H,7,12,17-21,24,49H2,1-2H3,(H,55,69)(H,56,62)(H,57,67)(H,58,65)(H,59,66)(H,60,68)(H,63,64)(H,70,71)(H4,50,51,52)/t32-,35+,36+,37+,38+,41+/m0/s1. The molecule has 378 valence electrons. The summed E-state index contributed by atoms with van der Waals surface area (Å²) in [6.07, 6.45) is 2.42. The second-order valence-electron chi connectivity index (χ2n) is 17.2. The molecular weight excluding hydrogens is 921 g/mol. The van der Waals surface area contributed by atoms with E-state index in [0.29, 0.717) is 16.7 Å². The van der Waals surface area contributed by atoms with Crippen molar-refractivity contribution in [1.29, 1.82) is 0 Å². The predicted molar refractivity (Wildman–Crippen MR) is 261 cm³/mol. The number of aromatic amines is 2. The minimum atomic E-state index is -1.52. The lowest BCUT2D eigenvalue weighted by Gasteiger charge is -2.27. The molecule has 0 saturated carbocycles. The monoisotopic (exact) mass is 980 g/mol. The van der Waals surface area contributed by atoms with Crippen molar-refractivity contribution in [1.82, 2.24) is 41.9 Å². The molecule has 23 nitrogen and oxygen atoms in total. The number of aromatic hydroxyl groups is 1. The van der Waals surface area contributed by atoms with Gasteiger partial charge in [-0.05, 0) is 59.7 Å². The summed E-state index contributed by atoms with van der Waals surface area (Å²) in [7, 11) is 0. The number of nitrogens with one attached hydrogen (secondary N) is 8. The first-order valence-corrected chi connectivity index (χ1v) is 22.7. The number of carbonyl (C=O) groups is 8. The molecule has 0 fully saturated rings. The zero-order valence-corrected chi connectivity index (χ0v) is 39.1. The highest BCUT2D eigenvalue weighted by atomic mass is 16.4. The molecule has 0 spiro atoms. The Morgan fingerprint density at radius 1 is 0.634 bits per heavy atom. The number of carbonyl (C=O) groups excluding carboxylic acids is 6. The summed E-state index contributed by atoms with van der Waals surface area (Å²) in [5.74, 6) is -8.55. The highest BCUT2D eigenvalue weighted by Crippen LogP contribution is 2.21. The first kappa shape index (κ1) is 53.5. The predicted octanol–water partition coefficient (Wildman–Crippen LogP) is -0.481. The Hall–Kier alpha value is -8.47. The van der Waals surface area contributed by atoms with Gasteiger partial charge in [0.05, 0.1) is 19.0 Å². The van der Waals surface area contributed by atoms with E-state index in [0.717, 1.165) is 21.8 Å². The number of amides is 6. The third-order valence-electron chi connectivity index (χ3n) is 11.5. The summed E-state index contributed by atoms with van der Waals surface area (Å²) in [6, 6.07) is 11.9. The number of nitrogens with zero attached hydrogens (tertiary/aromatic N) is 1. The van der Waals surface area contributed by atoms with Gasteiger partial charge in [0.15, 0.2) is 5.96 Å². The number of phenols is 1. The summed E-state index contributed by atoms with van der Waals surface area (Å²) < 4.78 is 0. The summed E-state index contributed by atoms with van der Waals surface area (Å²) >= 11 is 0. The first-order chi connectivity index (χ1) is 33.8. The maximum absolute atomic E-state index is 14.4.